The van der Waals surface area contributed by atoms with Gasteiger partial charge >= 0.3 is 5.97 Å². The number of amidine groups is 1. The first kappa shape index (κ1) is 22.2. The van der Waals surface area contributed by atoms with Gasteiger partial charge in [0, 0.05) is 7.05 Å². The number of nitrogens with zero attached hydrogens (tertiary/aromatic N) is 2. The molecule has 1 fully saturated rings. The number of aromatic carboxylic acids is 1. The summed E-state index contributed by atoms with van der Waals surface area (Å²) < 4.78 is 11.3. The highest BCUT2D eigenvalue weighted by Crippen LogP contribution is 2.35. The molecule has 0 atom stereocenters. The Labute approximate surface area is 184 Å². The summed E-state index contributed by atoms with van der Waals surface area (Å²) in [6.45, 7) is 6.37. The summed E-state index contributed by atoms with van der Waals surface area (Å²) in [5, 5.41) is 9.61. The molecule has 0 saturated carbocycles. The molecule has 31 heavy (non-hydrogen) atoms. The number of carbonyl (C=O) groups is 2. The number of hydrogen-bond acceptors (Lipinski definition) is 6. The Balaban J connectivity index is 1.87. The fourth-order valence-electron chi connectivity index (χ4n) is 2.77. The summed E-state index contributed by atoms with van der Waals surface area (Å²) in [5.74, 6) is -0.0336. The number of amides is 1. The van der Waals surface area contributed by atoms with Gasteiger partial charge in [0.15, 0.2) is 16.7 Å². The lowest BCUT2D eigenvalue weighted by Crippen LogP contribution is -2.23. The van der Waals surface area contributed by atoms with Gasteiger partial charge in [0.25, 0.3) is 5.91 Å². The van der Waals surface area contributed by atoms with Crippen molar-refractivity contribution in [2.45, 2.75) is 6.92 Å². The van der Waals surface area contributed by atoms with Crippen molar-refractivity contribution in [1.82, 2.24) is 4.90 Å². The van der Waals surface area contributed by atoms with Gasteiger partial charge in [-0.1, -0.05) is 24.8 Å². The monoisotopic (exact) mass is 438 g/mol. The molecule has 1 amide bonds. The Bertz CT molecular complexity index is 1080. The number of ether oxygens (including phenoxy) is 2. The van der Waals surface area contributed by atoms with Gasteiger partial charge in [-0.15, -0.1) is 0 Å². The van der Waals surface area contributed by atoms with Crippen LogP contribution in [0.3, 0.4) is 0 Å². The number of likely N-dealkylation sites (N-methyl/N-ethyl adjacent to an activating group) is 1. The fraction of sp³-hybridized carbons (Fsp3) is 0.174. The molecule has 160 valence electrons. The minimum Gasteiger partial charge on any atom is -0.490 e. The molecule has 2 aromatic carbocycles. The molecule has 0 aliphatic carbocycles. The van der Waals surface area contributed by atoms with Crippen LogP contribution in [0.2, 0.25) is 0 Å². The predicted octanol–water partition coefficient (Wildman–Crippen LogP) is 4.58. The van der Waals surface area contributed by atoms with Gasteiger partial charge in [0.1, 0.15) is 6.61 Å². The van der Waals surface area contributed by atoms with E-state index in [9.17, 15) is 9.59 Å². The van der Waals surface area contributed by atoms with Crippen LogP contribution in [0.4, 0.5) is 5.69 Å². The van der Waals surface area contributed by atoms with E-state index in [0.717, 1.165) is 5.56 Å². The minimum atomic E-state index is -1.03. The highest BCUT2D eigenvalue weighted by molar-refractivity contribution is 8.18. The molecule has 0 radical (unpaired) electrons. The lowest BCUT2D eigenvalue weighted by molar-refractivity contribution is -0.121. The Morgan fingerprint density at radius 2 is 2.03 bits per heavy atom. The molecule has 1 heterocycles. The summed E-state index contributed by atoms with van der Waals surface area (Å²) >= 11 is 1.22. The van der Waals surface area contributed by atoms with E-state index in [4.69, 9.17) is 14.6 Å². The summed E-state index contributed by atoms with van der Waals surface area (Å²) in [5.41, 5.74) is 1.38. The molecular weight excluding hydrogens is 416 g/mol. The molecule has 0 spiro atoms. The predicted molar refractivity (Wildman–Crippen MR) is 122 cm³/mol. The van der Waals surface area contributed by atoms with Crippen LogP contribution < -0.4 is 9.47 Å². The van der Waals surface area contributed by atoms with Crippen molar-refractivity contribution in [2.24, 2.45) is 4.99 Å². The Kier molecular flexibility index (Phi) is 7.15. The topological polar surface area (TPSA) is 88.4 Å². The fourth-order valence-corrected chi connectivity index (χ4v) is 3.76. The Morgan fingerprint density at radius 3 is 2.74 bits per heavy atom. The third-order valence-electron chi connectivity index (χ3n) is 4.24. The second-order valence-electron chi connectivity index (χ2n) is 6.46. The molecule has 0 unspecified atom stereocenters. The molecule has 1 aliphatic heterocycles. The molecule has 1 saturated heterocycles. The molecule has 0 aromatic heterocycles. The molecule has 8 heteroatoms. The van der Waals surface area contributed by atoms with Gasteiger partial charge in [-0.2, -0.15) is 0 Å². The zero-order valence-corrected chi connectivity index (χ0v) is 18.0. The van der Waals surface area contributed by atoms with Crippen molar-refractivity contribution < 1.29 is 24.2 Å². The van der Waals surface area contributed by atoms with Crippen LogP contribution in [0.25, 0.3) is 6.08 Å². The molecule has 1 aliphatic rings. The average molecular weight is 439 g/mol. The van der Waals surface area contributed by atoms with Crippen molar-refractivity contribution in [3.05, 3.63) is 71.2 Å². The van der Waals surface area contributed by atoms with Crippen molar-refractivity contribution in [1.29, 1.82) is 0 Å². The molecule has 2 aromatic rings. The molecule has 0 bridgehead atoms. The van der Waals surface area contributed by atoms with Crippen molar-refractivity contribution >= 4 is 40.6 Å². The normalized spacial score (nSPS) is 16.1. The smallest absolute Gasteiger partial charge is 0.335 e. The number of rotatable bonds is 8. The number of carbonyl (C=O) groups excluding carboxylic acids is 1. The second kappa shape index (κ2) is 9.99. The Morgan fingerprint density at radius 1 is 1.23 bits per heavy atom. The lowest BCUT2D eigenvalue weighted by atomic mass is 10.2. The standard InChI is InChI=1S/C23H22N2O5S/c1-4-11-30-18-10-9-15(12-19(18)29-5-2)13-20-21(26)25(3)23(31-20)24-17-8-6-7-16(14-17)22(27)28/h4,6-10,12-14H,1,5,11H2,2-3H3,(H,27,28). The van der Waals surface area contributed by atoms with E-state index in [1.807, 2.05) is 19.1 Å². The van der Waals surface area contributed by atoms with Crippen LogP contribution in [-0.2, 0) is 4.79 Å². The van der Waals surface area contributed by atoms with E-state index in [-0.39, 0.29) is 11.5 Å². The number of thioether (sulfide) groups is 1. The molecule has 7 nitrogen and oxygen atoms in total. The number of carboxylic acid groups (broad SMARTS) is 1. The van der Waals surface area contributed by atoms with Gasteiger partial charge in [-0.05, 0) is 60.7 Å². The summed E-state index contributed by atoms with van der Waals surface area (Å²) in [6.07, 6.45) is 3.42. The van der Waals surface area contributed by atoms with E-state index in [1.165, 1.54) is 28.8 Å². The summed E-state index contributed by atoms with van der Waals surface area (Å²) in [6, 6.07) is 11.7. The van der Waals surface area contributed by atoms with Crippen molar-refractivity contribution in [2.75, 3.05) is 20.3 Å². The third kappa shape index (κ3) is 5.35. The number of aliphatic imine (C=N–C) groups is 1. The van der Waals surface area contributed by atoms with Crippen LogP contribution >= 0.6 is 11.8 Å². The number of hydrogen-bond donors (Lipinski definition) is 1. The van der Waals surface area contributed by atoms with Gasteiger partial charge in [-0.25, -0.2) is 9.79 Å². The SMILES string of the molecule is C=CCOc1ccc(C=C2SC(=Nc3cccc(C(=O)O)c3)N(C)C2=O)cc1OCC. The minimum absolute atomic E-state index is 0.136. The van der Waals surface area contributed by atoms with Crippen LogP contribution in [0.1, 0.15) is 22.8 Å². The maximum absolute atomic E-state index is 12.7. The zero-order chi connectivity index (χ0) is 22.4. The van der Waals surface area contributed by atoms with E-state index < -0.39 is 5.97 Å². The van der Waals surface area contributed by atoms with Crippen LogP contribution in [0.15, 0.2) is 65.0 Å². The average Bonchev–Trinajstić information content (AvgIpc) is 3.01. The number of benzene rings is 2. The van der Waals surface area contributed by atoms with E-state index in [2.05, 4.69) is 11.6 Å². The first-order valence-electron chi connectivity index (χ1n) is 9.53. The van der Waals surface area contributed by atoms with Gasteiger partial charge in [0.2, 0.25) is 0 Å². The molecular formula is C23H22N2O5S. The van der Waals surface area contributed by atoms with Crippen LogP contribution in [0, 0.1) is 0 Å². The van der Waals surface area contributed by atoms with E-state index in [0.29, 0.717) is 40.5 Å². The van der Waals surface area contributed by atoms with Gasteiger partial charge in [-0.3, -0.25) is 9.69 Å². The van der Waals surface area contributed by atoms with Crippen LogP contribution in [-0.4, -0.2) is 47.3 Å². The second-order valence-corrected chi connectivity index (χ2v) is 7.47. The summed E-state index contributed by atoms with van der Waals surface area (Å²) in [4.78, 5) is 30.2. The molecule has 1 N–H and O–H groups in total. The largest absolute Gasteiger partial charge is 0.490 e. The van der Waals surface area contributed by atoms with Crippen LogP contribution in [0.5, 0.6) is 11.5 Å². The van der Waals surface area contributed by atoms with Crippen molar-refractivity contribution in [3.8, 4) is 11.5 Å². The first-order chi connectivity index (χ1) is 14.9. The number of carboxylic acids is 1. The maximum atomic E-state index is 12.7. The first-order valence-corrected chi connectivity index (χ1v) is 10.3. The molecule has 3 rings (SSSR count). The maximum Gasteiger partial charge on any atom is 0.335 e. The van der Waals surface area contributed by atoms with E-state index in [1.54, 1.807) is 37.4 Å². The van der Waals surface area contributed by atoms with E-state index >= 15 is 0 Å². The van der Waals surface area contributed by atoms with Gasteiger partial charge in [0.05, 0.1) is 22.8 Å². The van der Waals surface area contributed by atoms with Gasteiger partial charge < -0.3 is 14.6 Å². The summed E-state index contributed by atoms with van der Waals surface area (Å²) in [7, 11) is 1.63. The highest BCUT2D eigenvalue weighted by atomic mass is 32.2. The highest BCUT2D eigenvalue weighted by Gasteiger charge is 2.30. The third-order valence-corrected chi connectivity index (χ3v) is 5.30. The zero-order valence-electron chi connectivity index (χ0n) is 17.2. The quantitative estimate of drug-likeness (QED) is 0.479. The lowest BCUT2D eigenvalue weighted by Gasteiger charge is -2.11. The Hall–Kier alpha value is -3.52. The van der Waals surface area contributed by atoms with Crippen molar-refractivity contribution in [3.63, 3.8) is 0 Å².